The Bertz CT molecular complexity index is 1690. The zero-order valence-corrected chi connectivity index (χ0v) is 23.0. The molecule has 190 valence electrons. The summed E-state index contributed by atoms with van der Waals surface area (Å²) in [6.07, 6.45) is 0. The highest BCUT2D eigenvalue weighted by atomic mass is 127. The number of hydrogen-bond donors (Lipinski definition) is 4. The number of aromatic carboxylic acids is 3. The van der Waals surface area contributed by atoms with Gasteiger partial charge in [-0.25, -0.2) is 14.4 Å². The molecule has 4 N–H and O–H groups in total. The van der Waals surface area contributed by atoms with Crippen LogP contribution in [0.5, 0.6) is 17.2 Å². The van der Waals surface area contributed by atoms with Crippen LogP contribution in [-0.4, -0.2) is 52.6 Å². The van der Waals surface area contributed by atoms with Gasteiger partial charge in [0.15, 0.2) is 17.1 Å². The molecule has 0 aromatic heterocycles. The van der Waals surface area contributed by atoms with Crippen molar-refractivity contribution in [3.05, 3.63) is 58.3 Å². The van der Waals surface area contributed by atoms with Gasteiger partial charge in [-0.05, 0) is 75.0 Å². The molecular weight excluding hydrogens is 718 g/mol. The third-order valence-corrected chi connectivity index (χ3v) is 7.20. The van der Waals surface area contributed by atoms with Gasteiger partial charge in [-0.15, -0.1) is 0 Å². The standard InChI is InChI=1S/C24H14I2O11/c1-35-20-16(27)13(25)5-11-15(12-6-14(26)17(28)21(36-2)19(12)37-18(11)20)7-3-9(23(31)32)10(24(33)34)4-8(7)22(29)30/h3-6,27H,1-2H3,(H,29,30)(H,31,32)(H,33,34). The SMILES string of the molecule is COc1c2oc3c(OC)c(O)c(I)cc3c(-c3cc(C(=O)O)c(C(=O)O)cc3C(=O)O)c-2cc(I)c1=O. The largest absolute Gasteiger partial charge is 0.503 e. The molecule has 37 heavy (non-hydrogen) atoms. The minimum Gasteiger partial charge on any atom is -0.503 e. The highest BCUT2D eigenvalue weighted by Gasteiger charge is 2.31. The number of methoxy groups -OCH3 is 2. The minimum atomic E-state index is -1.63. The normalized spacial score (nSPS) is 11.0. The predicted octanol–water partition coefficient (Wildman–Crippen LogP) is 4.59. The summed E-state index contributed by atoms with van der Waals surface area (Å²) < 4.78 is 17.1. The Balaban J connectivity index is 2.38. The molecule has 0 fully saturated rings. The van der Waals surface area contributed by atoms with Crippen LogP contribution in [0.15, 0.2) is 33.5 Å². The van der Waals surface area contributed by atoms with E-state index in [1.165, 1.54) is 26.4 Å². The number of phenols is 1. The molecule has 4 rings (SSSR count). The molecule has 13 heteroatoms. The lowest BCUT2D eigenvalue weighted by Crippen LogP contribution is -2.14. The first-order valence-corrected chi connectivity index (χ1v) is 12.2. The van der Waals surface area contributed by atoms with E-state index in [0.717, 1.165) is 12.1 Å². The predicted molar refractivity (Wildman–Crippen MR) is 146 cm³/mol. The summed E-state index contributed by atoms with van der Waals surface area (Å²) in [6, 6.07) is 4.59. The number of ether oxygens (including phenoxy) is 2. The van der Waals surface area contributed by atoms with Gasteiger partial charge in [0.2, 0.25) is 16.9 Å². The fourth-order valence-electron chi connectivity index (χ4n) is 4.01. The van der Waals surface area contributed by atoms with E-state index in [9.17, 15) is 39.6 Å². The maximum absolute atomic E-state index is 12.8. The lowest BCUT2D eigenvalue weighted by Gasteiger charge is -2.21. The van der Waals surface area contributed by atoms with Crippen molar-refractivity contribution in [2.45, 2.75) is 0 Å². The van der Waals surface area contributed by atoms with Crippen LogP contribution in [0, 0.1) is 7.14 Å². The zero-order valence-electron chi connectivity index (χ0n) is 18.7. The molecule has 2 aromatic carbocycles. The summed E-state index contributed by atoms with van der Waals surface area (Å²) in [4.78, 5) is 48.8. The van der Waals surface area contributed by atoms with Crippen LogP contribution >= 0.6 is 45.2 Å². The van der Waals surface area contributed by atoms with Crippen molar-refractivity contribution in [2.24, 2.45) is 0 Å². The Morgan fingerprint density at radius 2 is 1.35 bits per heavy atom. The highest BCUT2D eigenvalue weighted by molar-refractivity contribution is 14.1. The highest BCUT2D eigenvalue weighted by Crippen LogP contribution is 2.50. The van der Waals surface area contributed by atoms with Gasteiger partial charge in [-0.2, -0.15) is 0 Å². The van der Waals surface area contributed by atoms with Crippen LogP contribution in [0.1, 0.15) is 31.1 Å². The molecule has 0 spiro atoms. The average Bonchev–Trinajstić information content (AvgIpc) is 2.84. The summed E-state index contributed by atoms with van der Waals surface area (Å²) in [6.45, 7) is 0. The minimum absolute atomic E-state index is 0.0858. The van der Waals surface area contributed by atoms with Crippen molar-refractivity contribution in [3.8, 4) is 39.7 Å². The number of carboxylic acid groups (broad SMARTS) is 3. The van der Waals surface area contributed by atoms with E-state index in [-0.39, 0.29) is 57.8 Å². The van der Waals surface area contributed by atoms with Crippen LogP contribution in [0.3, 0.4) is 0 Å². The van der Waals surface area contributed by atoms with Crippen molar-refractivity contribution in [1.82, 2.24) is 0 Å². The van der Waals surface area contributed by atoms with Gasteiger partial charge >= 0.3 is 17.9 Å². The fraction of sp³-hybridized carbons (Fsp3) is 0.0833. The van der Waals surface area contributed by atoms with Gasteiger partial charge in [-0.1, -0.05) is 0 Å². The Morgan fingerprint density at radius 1 is 0.784 bits per heavy atom. The van der Waals surface area contributed by atoms with Crippen LogP contribution < -0.4 is 14.9 Å². The summed E-state index contributed by atoms with van der Waals surface area (Å²) in [5.74, 6) is -5.51. The van der Waals surface area contributed by atoms with Gasteiger partial charge in [0, 0.05) is 16.5 Å². The van der Waals surface area contributed by atoms with Gasteiger partial charge < -0.3 is 34.3 Å². The van der Waals surface area contributed by atoms with E-state index in [1.54, 1.807) is 22.6 Å². The van der Waals surface area contributed by atoms with Crippen LogP contribution in [0.4, 0.5) is 0 Å². The molecule has 2 aliphatic rings. The summed E-state index contributed by atoms with van der Waals surface area (Å²) in [5.41, 5.74) is -2.39. The maximum Gasteiger partial charge on any atom is 0.336 e. The number of carbonyl (C=O) groups is 3. The molecule has 1 heterocycles. The van der Waals surface area contributed by atoms with Crippen molar-refractivity contribution in [2.75, 3.05) is 14.2 Å². The van der Waals surface area contributed by atoms with E-state index in [4.69, 9.17) is 13.9 Å². The van der Waals surface area contributed by atoms with E-state index in [1.807, 2.05) is 22.6 Å². The van der Waals surface area contributed by atoms with Crippen LogP contribution in [0.25, 0.3) is 33.4 Å². The summed E-state index contributed by atoms with van der Waals surface area (Å²) in [5, 5.41) is 40.0. The number of halogens is 2. The zero-order chi connectivity index (χ0) is 27.3. The number of hydrogen-bond acceptors (Lipinski definition) is 8. The molecule has 0 atom stereocenters. The molecule has 0 radical (unpaired) electrons. The first-order valence-electron chi connectivity index (χ1n) is 10.0. The maximum atomic E-state index is 12.8. The average molecular weight is 732 g/mol. The van der Waals surface area contributed by atoms with Crippen molar-refractivity contribution < 1.29 is 48.7 Å². The van der Waals surface area contributed by atoms with Gasteiger partial charge in [0.05, 0.1) is 38.1 Å². The second-order valence-electron chi connectivity index (χ2n) is 7.55. The number of carboxylic acids is 3. The van der Waals surface area contributed by atoms with Gasteiger partial charge in [0.25, 0.3) is 0 Å². The van der Waals surface area contributed by atoms with Gasteiger partial charge in [0.1, 0.15) is 0 Å². The summed E-state index contributed by atoms with van der Waals surface area (Å²) in [7, 11) is 2.50. The van der Waals surface area contributed by atoms with Crippen LogP contribution in [0.2, 0.25) is 0 Å². The molecule has 0 saturated carbocycles. The molecule has 0 amide bonds. The molecule has 1 aliphatic heterocycles. The van der Waals surface area contributed by atoms with Gasteiger partial charge in [-0.3, -0.25) is 4.79 Å². The Hall–Kier alpha value is -3.60. The lowest BCUT2D eigenvalue weighted by molar-refractivity contribution is 0.0649. The Kier molecular flexibility index (Phi) is 6.93. The number of benzene rings is 3. The smallest absolute Gasteiger partial charge is 0.336 e. The second kappa shape index (κ2) is 9.70. The third-order valence-electron chi connectivity index (χ3n) is 5.58. The first kappa shape index (κ1) is 26.5. The first-order chi connectivity index (χ1) is 17.4. The fourth-order valence-corrected chi connectivity index (χ4v) is 5.13. The molecule has 0 bridgehead atoms. The molecular formula is C24H14I2O11. The molecule has 1 aliphatic carbocycles. The molecule has 2 aromatic rings. The third kappa shape index (κ3) is 4.20. The van der Waals surface area contributed by atoms with E-state index >= 15 is 0 Å². The number of rotatable bonds is 6. The Labute approximate surface area is 233 Å². The second-order valence-corrected chi connectivity index (χ2v) is 9.87. The van der Waals surface area contributed by atoms with Crippen molar-refractivity contribution in [3.63, 3.8) is 0 Å². The lowest BCUT2D eigenvalue weighted by atomic mass is 9.87. The molecule has 0 unspecified atom stereocenters. The number of fused-ring (bicyclic) bond motifs is 2. The van der Waals surface area contributed by atoms with Crippen molar-refractivity contribution >= 4 is 74.1 Å². The summed E-state index contributed by atoms with van der Waals surface area (Å²) >= 11 is 3.60. The molecule has 0 saturated heterocycles. The quantitative estimate of drug-likeness (QED) is 0.161. The van der Waals surface area contributed by atoms with Crippen molar-refractivity contribution in [1.29, 1.82) is 0 Å². The monoisotopic (exact) mass is 732 g/mol. The number of aromatic hydroxyl groups is 1. The number of phenolic OH excluding ortho intramolecular Hbond substituents is 1. The Morgan fingerprint density at radius 3 is 1.89 bits per heavy atom. The van der Waals surface area contributed by atoms with E-state index in [2.05, 4.69) is 0 Å². The van der Waals surface area contributed by atoms with Crippen LogP contribution in [-0.2, 0) is 0 Å². The van der Waals surface area contributed by atoms with E-state index < -0.39 is 40.0 Å². The van der Waals surface area contributed by atoms with E-state index in [0.29, 0.717) is 0 Å². The molecule has 11 nitrogen and oxygen atoms in total. The topological polar surface area (TPSA) is 181 Å².